The summed E-state index contributed by atoms with van der Waals surface area (Å²) in [6, 6.07) is 3.39. The molecular weight excluding hydrogens is 566 g/mol. The van der Waals surface area contributed by atoms with Gasteiger partial charge in [-0.15, -0.1) is 0 Å². The molecule has 1 aromatic rings. The van der Waals surface area contributed by atoms with E-state index in [1.54, 1.807) is 0 Å². The molecule has 0 spiro atoms. The van der Waals surface area contributed by atoms with Crippen molar-refractivity contribution in [2.75, 3.05) is 18.5 Å². The zero-order chi connectivity index (χ0) is 31.1. The van der Waals surface area contributed by atoms with Crippen molar-refractivity contribution in [1.82, 2.24) is 5.32 Å². The molecule has 2 aliphatic heterocycles. The molecule has 42 heavy (non-hydrogen) atoms. The molecule has 0 saturated carbocycles. The highest BCUT2D eigenvalue weighted by atomic mass is 16.7. The number of carbonyl (C=O) groups is 3. The van der Waals surface area contributed by atoms with Gasteiger partial charge in [-0.2, -0.15) is 0 Å². The van der Waals surface area contributed by atoms with E-state index in [0.717, 1.165) is 0 Å². The maximum absolute atomic E-state index is 12.1. The van der Waals surface area contributed by atoms with E-state index in [9.17, 15) is 45.0 Å². The smallest absolute Gasteiger partial charge is 0.320 e. The fourth-order valence-electron chi connectivity index (χ4n) is 4.44. The molecule has 236 valence electrons. The van der Waals surface area contributed by atoms with Crippen LogP contribution in [-0.4, -0.2) is 134 Å². The van der Waals surface area contributed by atoms with Crippen LogP contribution in [0.2, 0.25) is 0 Å². The van der Waals surface area contributed by atoms with Crippen LogP contribution in [0.15, 0.2) is 24.3 Å². The van der Waals surface area contributed by atoms with Crippen LogP contribution in [-0.2, 0) is 28.6 Å². The number of carboxylic acids is 1. The third kappa shape index (κ3) is 8.32. The van der Waals surface area contributed by atoms with E-state index in [4.69, 9.17) is 29.8 Å². The molecule has 17 nitrogen and oxygen atoms in total. The number of aliphatic carboxylic acids is 1. The summed E-state index contributed by atoms with van der Waals surface area (Å²) in [6.45, 7) is -0.264. The van der Waals surface area contributed by atoms with E-state index in [0.29, 0.717) is 5.69 Å². The first kappa shape index (κ1) is 33.5. The summed E-state index contributed by atoms with van der Waals surface area (Å²) < 4.78 is 22.7. The first-order valence-corrected chi connectivity index (χ1v) is 13.1. The van der Waals surface area contributed by atoms with Gasteiger partial charge in [0.1, 0.15) is 60.6 Å². The molecule has 2 heterocycles. The lowest BCUT2D eigenvalue weighted by molar-refractivity contribution is -0.339. The Kier molecular flexibility index (Phi) is 11.9. The number of rotatable bonds is 12. The van der Waals surface area contributed by atoms with E-state index in [1.807, 2.05) is 0 Å². The summed E-state index contributed by atoms with van der Waals surface area (Å²) in [7, 11) is 0. The topological polar surface area (TPSA) is 280 Å². The lowest BCUT2D eigenvalue weighted by Gasteiger charge is -2.47. The van der Waals surface area contributed by atoms with Crippen LogP contribution in [0.4, 0.5) is 5.69 Å². The van der Waals surface area contributed by atoms with Crippen LogP contribution in [0.3, 0.4) is 0 Å². The molecule has 1 aromatic carbocycles. The molecule has 0 unspecified atom stereocenters. The normalized spacial score (nSPS) is 33.8. The van der Waals surface area contributed by atoms with Crippen molar-refractivity contribution in [1.29, 1.82) is 0 Å². The maximum atomic E-state index is 12.1. The summed E-state index contributed by atoms with van der Waals surface area (Å²) in [5.74, 6) is -2.10. The Hall–Kier alpha value is -2.97. The highest BCUT2D eigenvalue weighted by Gasteiger charge is 2.52. The monoisotopic (exact) mass is 603 g/mol. The number of carboxylic acid groups (broad SMARTS) is 1. The zero-order valence-electron chi connectivity index (χ0n) is 22.6. The molecule has 3 rings (SSSR count). The van der Waals surface area contributed by atoms with Crippen LogP contribution in [0.5, 0.6) is 5.75 Å². The fraction of sp³-hybridized carbons (Fsp3) is 0.640. The number of amides is 2. The molecule has 11 atom stereocenters. The number of hydrogen-bond acceptors (Lipinski definition) is 14. The second-order valence-electron chi connectivity index (χ2n) is 9.91. The van der Waals surface area contributed by atoms with Gasteiger partial charge in [0.15, 0.2) is 6.29 Å². The summed E-state index contributed by atoms with van der Waals surface area (Å²) in [5, 5.41) is 74.7. The average molecular weight is 604 g/mol. The molecular formula is C25H37N3O14. The SMILES string of the molecule is CC(=O)N[C@H]1[C@@H](Oc2ccc(NC(=O)CC[C@H](N)C(=O)O)cc2)O[C@H](CO)[C@H](O)[C@@H]1O[C@@H]1O[C@H](CO)[C@H](O)[C@H](O)[C@H]1O. The molecule has 2 saturated heterocycles. The van der Waals surface area contributed by atoms with Gasteiger partial charge in [-0.1, -0.05) is 0 Å². The van der Waals surface area contributed by atoms with Gasteiger partial charge in [0.05, 0.1) is 13.2 Å². The Bertz CT molecular complexity index is 1060. The van der Waals surface area contributed by atoms with Gasteiger partial charge in [-0.3, -0.25) is 14.4 Å². The van der Waals surface area contributed by atoms with E-state index >= 15 is 0 Å². The van der Waals surface area contributed by atoms with E-state index in [2.05, 4.69) is 10.6 Å². The van der Waals surface area contributed by atoms with Gasteiger partial charge in [0.25, 0.3) is 0 Å². The number of aliphatic hydroxyl groups is 6. The number of anilines is 1. The molecule has 2 fully saturated rings. The average Bonchev–Trinajstić information content (AvgIpc) is 2.95. The second kappa shape index (κ2) is 15.0. The Morgan fingerprint density at radius 3 is 2.10 bits per heavy atom. The third-order valence-corrected chi connectivity index (χ3v) is 6.75. The van der Waals surface area contributed by atoms with Crippen LogP contribution >= 0.6 is 0 Å². The molecule has 2 amide bonds. The van der Waals surface area contributed by atoms with E-state index < -0.39 is 98.4 Å². The summed E-state index contributed by atoms with van der Waals surface area (Å²) in [6.07, 6.45) is -14.2. The predicted molar refractivity (Wildman–Crippen MR) is 139 cm³/mol. The largest absolute Gasteiger partial charge is 0.480 e. The van der Waals surface area contributed by atoms with Crippen LogP contribution in [0.1, 0.15) is 19.8 Å². The first-order chi connectivity index (χ1) is 19.9. The van der Waals surface area contributed by atoms with E-state index in [1.165, 1.54) is 31.2 Å². The molecule has 0 radical (unpaired) electrons. The third-order valence-electron chi connectivity index (χ3n) is 6.75. The molecule has 0 bridgehead atoms. The quantitative estimate of drug-likeness (QED) is 0.109. The number of nitrogens with two attached hydrogens (primary N) is 1. The Balaban J connectivity index is 1.75. The van der Waals surface area contributed by atoms with Crippen molar-refractivity contribution in [3.05, 3.63) is 24.3 Å². The van der Waals surface area contributed by atoms with Crippen molar-refractivity contribution >= 4 is 23.5 Å². The lowest BCUT2D eigenvalue weighted by atomic mass is 9.95. The van der Waals surface area contributed by atoms with Crippen molar-refractivity contribution in [2.45, 2.75) is 87.2 Å². The molecule has 11 N–H and O–H groups in total. The highest BCUT2D eigenvalue weighted by molar-refractivity contribution is 5.91. The van der Waals surface area contributed by atoms with Gasteiger partial charge in [-0.25, -0.2) is 0 Å². The van der Waals surface area contributed by atoms with Crippen LogP contribution in [0, 0.1) is 0 Å². The Labute approximate surface area is 239 Å². The van der Waals surface area contributed by atoms with Crippen molar-refractivity contribution in [3.8, 4) is 5.75 Å². The van der Waals surface area contributed by atoms with Crippen molar-refractivity contribution in [3.63, 3.8) is 0 Å². The lowest BCUT2D eigenvalue weighted by Crippen LogP contribution is -2.68. The second-order valence-corrected chi connectivity index (χ2v) is 9.91. The number of ether oxygens (including phenoxy) is 4. The minimum Gasteiger partial charge on any atom is -0.480 e. The van der Waals surface area contributed by atoms with Gasteiger partial charge >= 0.3 is 5.97 Å². The summed E-state index contributed by atoms with van der Waals surface area (Å²) in [5.41, 5.74) is 5.76. The Morgan fingerprint density at radius 1 is 0.929 bits per heavy atom. The van der Waals surface area contributed by atoms with Gasteiger partial charge in [0.2, 0.25) is 18.1 Å². The summed E-state index contributed by atoms with van der Waals surface area (Å²) >= 11 is 0. The summed E-state index contributed by atoms with van der Waals surface area (Å²) in [4.78, 5) is 35.0. The minimum atomic E-state index is -1.81. The highest BCUT2D eigenvalue weighted by Crippen LogP contribution is 2.31. The van der Waals surface area contributed by atoms with E-state index in [-0.39, 0.29) is 18.6 Å². The molecule has 2 aliphatic rings. The zero-order valence-corrected chi connectivity index (χ0v) is 22.6. The van der Waals surface area contributed by atoms with Gasteiger partial charge < -0.3 is 71.1 Å². The number of aliphatic hydroxyl groups excluding tert-OH is 6. The molecule has 0 aromatic heterocycles. The molecule has 0 aliphatic carbocycles. The predicted octanol–water partition coefficient (Wildman–Crippen LogP) is -4.04. The van der Waals surface area contributed by atoms with Crippen LogP contribution in [0.25, 0.3) is 0 Å². The molecule has 17 heteroatoms. The minimum absolute atomic E-state index is 0.0594. The number of hydrogen-bond donors (Lipinski definition) is 10. The van der Waals surface area contributed by atoms with Gasteiger partial charge in [0, 0.05) is 19.0 Å². The van der Waals surface area contributed by atoms with Crippen molar-refractivity contribution < 1.29 is 69.1 Å². The number of carbonyl (C=O) groups excluding carboxylic acids is 2. The number of nitrogens with one attached hydrogen (secondary N) is 2. The van der Waals surface area contributed by atoms with Crippen LogP contribution < -0.4 is 21.1 Å². The van der Waals surface area contributed by atoms with Gasteiger partial charge in [-0.05, 0) is 30.7 Å². The maximum Gasteiger partial charge on any atom is 0.320 e. The van der Waals surface area contributed by atoms with Crippen molar-refractivity contribution in [2.24, 2.45) is 5.73 Å². The standard InChI is InChI=1S/C25H37N3O14/c1-10(31)27-17-22(42-25-21(36)20(35)18(33)14(8-29)41-25)19(34)15(9-30)40-24(17)39-12-4-2-11(3-5-12)28-16(32)7-6-13(26)23(37)38/h2-5,13-15,17-22,24-25,29-30,33-36H,6-9,26H2,1H3,(H,27,31)(H,28,32)(H,37,38)/t13-,14+,15+,17+,18-,19-,20-,21+,22+,24-,25-/m0/s1. The fourth-order valence-corrected chi connectivity index (χ4v) is 4.44. The Morgan fingerprint density at radius 2 is 1.52 bits per heavy atom. The first-order valence-electron chi connectivity index (χ1n) is 13.1. The number of benzene rings is 1.